The largest absolute Gasteiger partial charge is 0.382 e. The van der Waals surface area contributed by atoms with Crippen molar-refractivity contribution in [2.45, 2.75) is 49.7 Å². The summed E-state index contributed by atoms with van der Waals surface area (Å²) in [4.78, 5) is 0. The van der Waals surface area contributed by atoms with E-state index in [1.807, 2.05) is 0 Å². The van der Waals surface area contributed by atoms with Gasteiger partial charge in [0.25, 0.3) is 0 Å². The summed E-state index contributed by atoms with van der Waals surface area (Å²) in [5.41, 5.74) is 0. The van der Waals surface area contributed by atoms with Crippen LogP contribution in [0.5, 0.6) is 0 Å². The zero-order valence-corrected chi connectivity index (χ0v) is 11.3. The summed E-state index contributed by atoms with van der Waals surface area (Å²) in [7, 11) is 1.68. The maximum Gasteiger partial charge on any atom is 0.100 e. The van der Waals surface area contributed by atoms with E-state index in [0.29, 0.717) is 13.2 Å². The van der Waals surface area contributed by atoms with Crippen LogP contribution in [-0.4, -0.2) is 44.5 Å². The van der Waals surface area contributed by atoms with Crippen molar-refractivity contribution in [1.82, 2.24) is 0 Å². The maximum absolute atomic E-state index is 6.14. The van der Waals surface area contributed by atoms with Crippen LogP contribution in [0.4, 0.5) is 0 Å². The number of hydrogen-bond donors (Lipinski definition) is 0. The van der Waals surface area contributed by atoms with Crippen molar-refractivity contribution >= 4 is 11.6 Å². The lowest BCUT2D eigenvalue weighted by Crippen LogP contribution is -2.51. The molecule has 2 saturated carbocycles. The van der Waals surface area contributed by atoms with Crippen molar-refractivity contribution < 1.29 is 14.2 Å². The Hall–Kier alpha value is 0.170. The Morgan fingerprint density at radius 1 is 1.12 bits per heavy atom. The fourth-order valence-corrected chi connectivity index (χ4v) is 3.02. The molecule has 0 bridgehead atoms. The van der Waals surface area contributed by atoms with Crippen molar-refractivity contribution in [3.63, 3.8) is 0 Å². The SMILES string of the molecule is COCCOC1C(Cl)CC1OCC1CCCC1. The van der Waals surface area contributed by atoms with E-state index in [4.69, 9.17) is 25.8 Å². The Balaban J connectivity index is 1.62. The maximum atomic E-state index is 6.14. The minimum absolute atomic E-state index is 0.0632. The zero-order chi connectivity index (χ0) is 12.1. The number of alkyl halides is 1. The van der Waals surface area contributed by atoms with Crippen LogP contribution in [0.25, 0.3) is 0 Å². The van der Waals surface area contributed by atoms with E-state index in [-0.39, 0.29) is 17.6 Å². The first-order valence-corrected chi connectivity index (χ1v) is 7.11. The summed E-state index contributed by atoms with van der Waals surface area (Å²) in [5, 5.41) is 0.112. The highest BCUT2D eigenvalue weighted by molar-refractivity contribution is 6.21. The molecule has 2 rings (SSSR count). The van der Waals surface area contributed by atoms with Gasteiger partial charge in [0.1, 0.15) is 6.10 Å². The molecule has 2 aliphatic rings. The Bertz CT molecular complexity index is 219. The van der Waals surface area contributed by atoms with Crippen LogP contribution in [0.2, 0.25) is 0 Å². The first-order valence-electron chi connectivity index (χ1n) is 6.67. The van der Waals surface area contributed by atoms with E-state index in [9.17, 15) is 0 Å². The van der Waals surface area contributed by atoms with Crippen molar-refractivity contribution in [2.75, 3.05) is 26.9 Å². The van der Waals surface area contributed by atoms with E-state index in [1.165, 1.54) is 25.7 Å². The lowest BCUT2D eigenvalue weighted by atomic mass is 9.90. The molecule has 3 unspecified atom stereocenters. The van der Waals surface area contributed by atoms with Gasteiger partial charge in [-0.1, -0.05) is 12.8 Å². The normalized spacial score (nSPS) is 33.9. The van der Waals surface area contributed by atoms with Crippen molar-refractivity contribution in [3.05, 3.63) is 0 Å². The molecular formula is C13H23ClO3. The predicted octanol–water partition coefficient (Wildman–Crippen LogP) is 2.60. The van der Waals surface area contributed by atoms with Crippen LogP contribution < -0.4 is 0 Å². The Labute approximate surface area is 109 Å². The molecule has 0 heterocycles. The molecular weight excluding hydrogens is 240 g/mol. The van der Waals surface area contributed by atoms with Crippen molar-refractivity contribution in [3.8, 4) is 0 Å². The molecule has 4 heteroatoms. The van der Waals surface area contributed by atoms with Gasteiger partial charge in [0.15, 0.2) is 0 Å². The molecule has 0 radical (unpaired) electrons. The smallest absolute Gasteiger partial charge is 0.100 e. The van der Waals surface area contributed by atoms with Gasteiger partial charge >= 0.3 is 0 Å². The van der Waals surface area contributed by atoms with E-state index in [2.05, 4.69) is 0 Å². The lowest BCUT2D eigenvalue weighted by Gasteiger charge is -2.41. The number of ether oxygens (including phenoxy) is 3. The van der Waals surface area contributed by atoms with E-state index >= 15 is 0 Å². The summed E-state index contributed by atoms with van der Waals surface area (Å²) in [6.07, 6.45) is 6.57. The topological polar surface area (TPSA) is 27.7 Å². The second-order valence-electron chi connectivity index (χ2n) is 5.10. The van der Waals surface area contributed by atoms with Gasteiger partial charge in [0.05, 0.1) is 24.7 Å². The standard InChI is InChI=1S/C13H23ClO3/c1-15-6-7-16-13-11(14)8-12(13)17-9-10-4-2-3-5-10/h10-13H,2-9H2,1H3. The van der Waals surface area contributed by atoms with Gasteiger partial charge in [-0.05, 0) is 25.2 Å². The van der Waals surface area contributed by atoms with Crippen molar-refractivity contribution in [1.29, 1.82) is 0 Å². The molecule has 3 nitrogen and oxygen atoms in total. The van der Waals surface area contributed by atoms with Crippen LogP contribution in [0.1, 0.15) is 32.1 Å². The molecule has 3 atom stereocenters. The third-order valence-corrected chi connectivity index (χ3v) is 4.23. The lowest BCUT2D eigenvalue weighted by molar-refractivity contribution is -0.135. The van der Waals surface area contributed by atoms with E-state index in [1.54, 1.807) is 7.11 Å². The Morgan fingerprint density at radius 2 is 1.88 bits per heavy atom. The number of methoxy groups -OCH3 is 1. The fourth-order valence-electron chi connectivity index (χ4n) is 2.61. The first kappa shape index (κ1) is 13.6. The summed E-state index contributed by atoms with van der Waals surface area (Å²) in [6.45, 7) is 2.11. The minimum Gasteiger partial charge on any atom is -0.382 e. The Kier molecular flexibility index (Phi) is 5.54. The molecule has 0 aliphatic heterocycles. The van der Waals surface area contributed by atoms with E-state index in [0.717, 1.165) is 18.9 Å². The van der Waals surface area contributed by atoms with Crippen molar-refractivity contribution in [2.24, 2.45) is 5.92 Å². The van der Waals surface area contributed by atoms with Gasteiger partial charge in [0.2, 0.25) is 0 Å². The highest BCUT2D eigenvalue weighted by Crippen LogP contribution is 2.33. The van der Waals surface area contributed by atoms with Gasteiger partial charge in [-0.3, -0.25) is 0 Å². The van der Waals surface area contributed by atoms with Crippen LogP contribution in [-0.2, 0) is 14.2 Å². The van der Waals surface area contributed by atoms with E-state index < -0.39 is 0 Å². The highest BCUT2D eigenvalue weighted by Gasteiger charge is 2.42. The minimum atomic E-state index is 0.0632. The molecule has 0 N–H and O–H groups in total. The second-order valence-corrected chi connectivity index (χ2v) is 5.66. The number of hydrogen-bond acceptors (Lipinski definition) is 3. The highest BCUT2D eigenvalue weighted by atomic mass is 35.5. The van der Waals surface area contributed by atoms with Crippen LogP contribution in [0.3, 0.4) is 0 Å². The zero-order valence-electron chi connectivity index (χ0n) is 10.6. The molecule has 0 amide bonds. The first-order chi connectivity index (χ1) is 8.31. The average Bonchev–Trinajstić information content (AvgIpc) is 2.83. The van der Waals surface area contributed by atoms with Gasteiger partial charge in [0, 0.05) is 13.7 Å². The quantitative estimate of drug-likeness (QED) is 0.521. The molecule has 0 spiro atoms. The summed E-state index contributed by atoms with van der Waals surface area (Å²) in [5.74, 6) is 0.768. The second kappa shape index (κ2) is 6.93. The van der Waals surface area contributed by atoms with Gasteiger partial charge in [-0.25, -0.2) is 0 Å². The van der Waals surface area contributed by atoms with Crippen LogP contribution >= 0.6 is 11.6 Å². The molecule has 17 heavy (non-hydrogen) atoms. The third-order valence-electron chi connectivity index (χ3n) is 3.80. The molecule has 0 aromatic heterocycles. The Morgan fingerprint density at radius 3 is 2.53 bits per heavy atom. The molecule has 0 saturated heterocycles. The molecule has 2 aliphatic carbocycles. The van der Waals surface area contributed by atoms with Gasteiger partial charge in [-0.15, -0.1) is 11.6 Å². The third kappa shape index (κ3) is 3.82. The molecule has 0 aromatic carbocycles. The predicted molar refractivity (Wildman–Crippen MR) is 67.6 cm³/mol. The molecule has 2 fully saturated rings. The van der Waals surface area contributed by atoms with Gasteiger partial charge < -0.3 is 14.2 Å². The average molecular weight is 263 g/mol. The molecule has 0 aromatic rings. The summed E-state index contributed by atoms with van der Waals surface area (Å²) < 4.78 is 16.6. The number of rotatable bonds is 7. The fraction of sp³-hybridized carbons (Fsp3) is 1.00. The summed E-state index contributed by atoms with van der Waals surface area (Å²) >= 11 is 6.14. The van der Waals surface area contributed by atoms with Gasteiger partial charge in [-0.2, -0.15) is 0 Å². The molecule has 100 valence electrons. The monoisotopic (exact) mass is 262 g/mol. The van der Waals surface area contributed by atoms with Crippen LogP contribution in [0.15, 0.2) is 0 Å². The van der Waals surface area contributed by atoms with Crippen LogP contribution in [0, 0.1) is 5.92 Å². The summed E-state index contributed by atoms with van der Waals surface area (Å²) in [6, 6.07) is 0. The number of halogens is 1.